The van der Waals surface area contributed by atoms with E-state index in [9.17, 15) is 26.3 Å². The van der Waals surface area contributed by atoms with Crippen molar-refractivity contribution in [1.82, 2.24) is 35.5 Å². The monoisotopic (exact) mass is 1340 g/mol. The predicted octanol–water partition coefficient (Wildman–Crippen LogP) is 20.1. The molecule has 3 aliphatic rings. The van der Waals surface area contributed by atoms with Crippen LogP contribution in [0.25, 0.3) is 32.3 Å². The van der Waals surface area contributed by atoms with Gasteiger partial charge in [-0.25, -0.2) is 9.97 Å². The van der Waals surface area contributed by atoms with E-state index in [1.165, 1.54) is 57.7 Å². The van der Waals surface area contributed by atoms with Gasteiger partial charge in [0.2, 0.25) is 5.95 Å². The van der Waals surface area contributed by atoms with Crippen molar-refractivity contribution in [3.05, 3.63) is 176 Å². The number of hydrogen-bond acceptors (Lipinski definition) is 11. The van der Waals surface area contributed by atoms with Crippen LogP contribution in [0.2, 0.25) is 0 Å². The molecule has 18 heteroatoms. The number of aromatic amines is 1. The highest BCUT2D eigenvalue weighted by atomic mass is 32.1. The third-order valence-electron chi connectivity index (χ3n) is 18.8. The maximum atomic E-state index is 13.5. The number of thiazole rings is 1. The molecule has 12 rings (SSSR count). The zero-order chi connectivity index (χ0) is 71.1. The van der Waals surface area contributed by atoms with Gasteiger partial charge in [0.1, 0.15) is 16.6 Å². The van der Waals surface area contributed by atoms with Crippen LogP contribution in [0, 0.1) is 0 Å². The molecule has 3 aliphatic heterocycles. The van der Waals surface area contributed by atoms with E-state index >= 15 is 0 Å². The van der Waals surface area contributed by atoms with Crippen molar-refractivity contribution >= 4 is 60.8 Å². The number of aromatic nitrogens is 4. The summed E-state index contributed by atoms with van der Waals surface area (Å²) in [5.41, 5.74) is 14.4. The van der Waals surface area contributed by atoms with Gasteiger partial charge in [-0.2, -0.15) is 31.3 Å². The van der Waals surface area contributed by atoms with Gasteiger partial charge in [0.25, 0.3) is 6.01 Å². The van der Waals surface area contributed by atoms with Gasteiger partial charge in [-0.1, -0.05) is 167 Å². The lowest BCUT2D eigenvalue weighted by atomic mass is 9.80. The quantitative estimate of drug-likeness (QED) is 0.121. The number of benzene rings is 6. The highest BCUT2D eigenvalue weighted by Crippen LogP contribution is 2.47. The number of nitrogens with zero attached hydrogens (tertiary/aromatic N) is 7. The fourth-order valence-corrected chi connectivity index (χ4v) is 12.8. The second-order valence-electron chi connectivity index (χ2n) is 28.7. The van der Waals surface area contributed by atoms with Crippen LogP contribution in [-0.2, 0) is 30.3 Å². The zero-order valence-corrected chi connectivity index (χ0v) is 61.7. The van der Waals surface area contributed by atoms with Gasteiger partial charge < -0.3 is 29.4 Å². The molecule has 0 bridgehead atoms. The number of oxazole rings is 1. The lowest BCUT2D eigenvalue weighted by Crippen LogP contribution is -2.55. The van der Waals surface area contributed by atoms with Crippen molar-refractivity contribution in [2.24, 2.45) is 0 Å². The molecule has 0 aliphatic carbocycles. The molecule has 0 fully saturated rings. The number of likely N-dealkylation sites (N-methyl/N-ethyl adjacent to an activating group) is 1. The third-order valence-corrected chi connectivity index (χ3v) is 19.9. The fourth-order valence-electron chi connectivity index (χ4n) is 11.9. The van der Waals surface area contributed by atoms with Gasteiger partial charge in [0.15, 0.2) is 10.7 Å². The van der Waals surface area contributed by atoms with Gasteiger partial charge in [-0.15, -0.1) is 0 Å². The van der Waals surface area contributed by atoms with Crippen molar-refractivity contribution in [3.63, 3.8) is 0 Å². The smallest absolute Gasteiger partial charge is 0.410 e. The van der Waals surface area contributed by atoms with Crippen LogP contribution in [-0.4, -0.2) is 106 Å². The maximum Gasteiger partial charge on any atom is 0.410 e. The number of H-pyrrole nitrogens is 1. The van der Waals surface area contributed by atoms with E-state index in [1.807, 2.05) is 90.2 Å². The van der Waals surface area contributed by atoms with Crippen LogP contribution >= 0.6 is 11.3 Å². The first-order valence-corrected chi connectivity index (χ1v) is 34.7. The standard InChI is InChI=1S/C15H20F3N.C14H18F3N.C13H19N.C12H17N3.C12H16N2O.C12H16N2S/c1-10(2)11-5-6-13-12(9-11)7-8-19(4)14(13,3)15(16,17)18;1-9(2)10-4-5-12-11(8-10)6-7-18-13(12,3)14(15,16)17;1-9(2)11-4-5-13-10(3)14-7-6-12(13)8-11;1-8(2)9-5-6-10-11(7-9)14-12(13-10)15(3)4;2*1-8(2)9-5-6-10-11(7-9)15-12(13-10)14(3)4/h5-6,9-10H,7-8H2,1-4H3;4-5,8-9,18H,6-7H2,1-3H3;4-5,8-10,14H,6-7H2,1-3H3;5-8H,1-4H3,(H,13,14);2*5-8H,1-4H3. The average Bonchev–Trinajstić information content (AvgIpc) is 1.02. The number of alkyl halides is 6. The summed E-state index contributed by atoms with van der Waals surface area (Å²) in [7, 11) is 13.4. The van der Waals surface area contributed by atoms with E-state index < -0.39 is 23.4 Å². The molecule has 11 nitrogen and oxygen atoms in total. The minimum atomic E-state index is -4.28. The summed E-state index contributed by atoms with van der Waals surface area (Å²) in [6.07, 6.45) is -6.03. The van der Waals surface area contributed by atoms with E-state index in [2.05, 4.69) is 178 Å². The summed E-state index contributed by atoms with van der Waals surface area (Å²) in [6.45, 7) is 32.6. The second kappa shape index (κ2) is 31.7. The van der Waals surface area contributed by atoms with Gasteiger partial charge in [0.05, 0.1) is 21.3 Å². The maximum absolute atomic E-state index is 13.5. The first-order valence-electron chi connectivity index (χ1n) is 33.9. The summed E-state index contributed by atoms with van der Waals surface area (Å²) in [5.74, 6) is 3.88. The summed E-state index contributed by atoms with van der Waals surface area (Å²) >= 11 is 1.75. The van der Waals surface area contributed by atoms with Crippen LogP contribution in [0.3, 0.4) is 0 Å². The third kappa shape index (κ3) is 18.0. The summed E-state index contributed by atoms with van der Waals surface area (Å²) < 4.78 is 86.9. The lowest BCUT2D eigenvalue weighted by Gasteiger charge is -2.45. The number of nitrogens with one attached hydrogen (secondary N) is 3. The van der Waals surface area contributed by atoms with Crippen molar-refractivity contribution in [2.45, 2.75) is 188 Å². The highest BCUT2D eigenvalue weighted by molar-refractivity contribution is 7.22. The fraction of sp³-hybridized carbons (Fsp3) is 0.500. The molecule has 0 saturated heterocycles. The van der Waals surface area contributed by atoms with E-state index in [-0.39, 0.29) is 0 Å². The molecule has 0 amide bonds. The molecule has 3 N–H and O–H groups in total. The normalized spacial score (nSPS) is 17.8. The molecular weight excluding hydrogens is 1240 g/mol. The summed E-state index contributed by atoms with van der Waals surface area (Å²) in [5, 5.41) is 7.18. The van der Waals surface area contributed by atoms with Crippen LogP contribution < -0.4 is 25.3 Å². The molecule has 0 saturated carbocycles. The van der Waals surface area contributed by atoms with Gasteiger partial charge >= 0.3 is 12.4 Å². The van der Waals surface area contributed by atoms with Crippen LogP contribution in [0.15, 0.2) is 114 Å². The molecular formula is C78H106F6N10OS. The molecule has 9 aromatic rings. The Balaban J connectivity index is 0.000000163. The number of imidazole rings is 1. The first kappa shape index (κ1) is 76.4. The SMILES string of the molecule is CC(C)c1ccc2c(c1)CCN(C)C2(C)C(F)(F)F.CC(C)c1ccc2c(c1)CCNC2(C)C(F)(F)F.CC(C)c1ccc2c(c1)CCNC2C.CC(C)c1ccc2nc(N(C)C)[nH]c2c1.CC(C)c1ccc2nc(N(C)C)oc2c1.CC(C)c1ccc2nc(N(C)C)sc2c1. The Morgan fingerprint density at radius 3 is 1.53 bits per heavy atom. The molecule has 96 heavy (non-hydrogen) atoms. The largest absolute Gasteiger partial charge is 0.423 e. The highest BCUT2D eigenvalue weighted by Gasteiger charge is 2.57. The minimum absolute atomic E-state index is 0.335. The van der Waals surface area contributed by atoms with Crippen molar-refractivity contribution in [1.29, 1.82) is 0 Å². The molecule has 3 atom stereocenters. The Morgan fingerprint density at radius 2 is 1.00 bits per heavy atom. The van der Waals surface area contributed by atoms with Crippen molar-refractivity contribution in [3.8, 4) is 0 Å². The van der Waals surface area contributed by atoms with Crippen LogP contribution in [0.4, 0.5) is 43.4 Å². The number of fused-ring (bicyclic) bond motifs is 6. The van der Waals surface area contributed by atoms with Crippen molar-refractivity contribution in [2.75, 3.05) is 83.7 Å². The number of halogens is 6. The second-order valence-corrected chi connectivity index (χ2v) is 29.7. The van der Waals surface area contributed by atoms with Gasteiger partial charge in [-0.05, 0) is 192 Å². The molecule has 6 heterocycles. The molecule has 0 radical (unpaired) electrons. The van der Waals surface area contributed by atoms with Crippen LogP contribution in [0.1, 0.15) is 212 Å². The lowest BCUT2D eigenvalue weighted by molar-refractivity contribution is -0.230. The Hall–Kier alpha value is -6.99. The number of hydrogen-bond donors (Lipinski definition) is 3. The predicted molar refractivity (Wildman–Crippen MR) is 392 cm³/mol. The van der Waals surface area contributed by atoms with Gasteiger partial charge in [0, 0.05) is 61.4 Å². The Kier molecular flexibility index (Phi) is 25.2. The number of rotatable bonds is 9. The molecule has 0 spiro atoms. The summed E-state index contributed by atoms with van der Waals surface area (Å²) in [4.78, 5) is 24.0. The Bertz CT molecular complexity index is 3770. The average molecular weight is 1350 g/mol. The van der Waals surface area contributed by atoms with E-state index in [0.717, 1.165) is 67.5 Å². The van der Waals surface area contributed by atoms with E-state index in [4.69, 9.17) is 4.42 Å². The molecule has 6 aromatic carbocycles. The van der Waals surface area contributed by atoms with E-state index in [0.29, 0.717) is 84.6 Å². The summed E-state index contributed by atoms with van der Waals surface area (Å²) in [6, 6.07) is 38.1. The molecule has 3 unspecified atom stereocenters. The minimum Gasteiger partial charge on any atom is -0.423 e. The Morgan fingerprint density at radius 1 is 0.521 bits per heavy atom. The van der Waals surface area contributed by atoms with Crippen molar-refractivity contribution < 1.29 is 30.8 Å². The van der Waals surface area contributed by atoms with Crippen LogP contribution in [0.5, 0.6) is 0 Å². The first-order chi connectivity index (χ1) is 44.8. The topological polar surface area (TPSA) is 105 Å². The zero-order valence-electron chi connectivity index (χ0n) is 60.9. The Labute approximate surface area is 571 Å². The molecule has 522 valence electrons. The molecule has 3 aromatic heterocycles. The van der Waals surface area contributed by atoms with Gasteiger partial charge in [-0.3, -0.25) is 10.2 Å². The number of anilines is 3. The van der Waals surface area contributed by atoms with E-state index in [1.54, 1.807) is 42.1 Å².